The molecule has 0 saturated heterocycles. The largest absolute Gasteiger partial charge is 0.416 e. The monoisotopic (exact) mass is 396 g/mol. The maximum atomic E-state index is 12.8. The second kappa shape index (κ2) is 7.75. The van der Waals surface area contributed by atoms with Gasteiger partial charge in [0, 0.05) is 30.8 Å². The highest BCUT2D eigenvalue weighted by Gasteiger charge is 2.31. The van der Waals surface area contributed by atoms with Gasteiger partial charge in [0.25, 0.3) is 0 Å². The number of hydrogen-bond acceptors (Lipinski definition) is 5. The molecular weight excluding hydrogens is 385 g/mol. The molecule has 0 unspecified atom stereocenters. The Morgan fingerprint density at radius 2 is 1.93 bits per heavy atom. The van der Waals surface area contributed by atoms with Crippen molar-refractivity contribution in [2.75, 3.05) is 5.32 Å². The number of carbonyl (C=O) groups excluding carboxylic acids is 1. The zero-order valence-electron chi connectivity index (χ0n) is 13.6. The molecular formula is C17H12ClF3N4O2. The number of halogens is 4. The number of aromatic nitrogens is 3. The van der Waals surface area contributed by atoms with Gasteiger partial charge < -0.3 is 9.84 Å². The molecule has 3 rings (SSSR count). The van der Waals surface area contributed by atoms with Gasteiger partial charge in [-0.2, -0.15) is 18.2 Å². The summed E-state index contributed by atoms with van der Waals surface area (Å²) in [7, 11) is 0. The number of nitrogens with zero attached hydrogens (tertiary/aromatic N) is 3. The summed E-state index contributed by atoms with van der Waals surface area (Å²) in [5.41, 5.74) is -0.305. The van der Waals surface area contributed by atoms with Gasteiger partial charge in [0.2, 0.25) is 17.6 Å². The lowest BCUT2D eigenvalue weighted by molar-refractivity contribution is -0.137. The first-order valence-electron chi connectivity index (χ1n) is 7.72. The van der Waals surface area contributed by atoms with Crippen molar-refractivity contribution in [1.29, 1.82) is 0 Å². The first-order chi connectivity index (χ1) is 12.8. The summed E-state index contributed by atoms with van der Waals surface area (Å²) in [6.45, 7) is 0. The highest BCUT2D eigenvalue weighted by molar-refractivity contribution is 6.33. The predicted molar refractivity (Wildman–Crippen MR) is 90.9 cm³/mol. The van der Waals surface area contributed by atoms with Gasteiger partial charge in [-0.1, -0.05) is 16.8 Å². The summed E-state index contributed by atoms with van der Waals surface area (Å²) in [6.07, 6.45) is -1.31. The maximum absolute atomic E-state index is 12.8. The van der Waals surface area contributed by atoms with E-state index >= 15 is 0 Å². The van der Waals surface area contributed by atoms with E-state index in [9.17, 15) is 18.0 Å². The lowest BCUT2D eigenvalue weighted by Gasteiger charge is -2.11. The minimum Gasteiger partial charge on any atom is -0.339 e. The third-order valence-corrected chi connectivity index (χ3v) is 3.87. The lowest BCUT2D eigenvalue weighted by Crippen LogP contribution is -2.14. The molecule has 0 atom stereocenters. The molecule has 1 N–H and O–H groups in total. The van der Waals surface area contributed by atoms with Crippen molar-refractivity contribution >= 4 is 23.2 Å². The van der Waals surface area contributed by atoms with Crippen LogP contribution in [0.3, 0.4) is 0 Å². The summed E-state index contributed by atoms with van der Waals surface area (Å²) in [6, 6.07) is 6.12. The Bertz CT molecular complexity index is 945. The molecule has 6 nitrogen and oxygen atoms in total. The molecule has 1 aromatic carbocycles. The number of nitrogens with one attached hydrogen (secondary N) is 1. The zero-order chi connectivity index (χ0) is 19.4. The Hall–Kier alpha value is -2.94. The molecule has 3 aromatic rings. The number of aryl methyl sites for hydroxylation is 1. The van der Waals surface area contributed by atoms with Crippen LogP contribution < -0.4 is 5.32 Å². The van der Waals surface area contributed by atoms with Gasteiger partial charge in [0.15, 0.2) is 0 Å². The van der Waals surface area contributed by atoms with Crippen molar-refractivity contribution in [2.45, 2.75) is 19.0 Å². The fourth-order valence-corrected chi connectivity index (χ4v) is 2.37. The number of hydrogen-bond donors (Lipinski definition) is 1. The van der Waals surface area contributed by atoms with Crippen LogP contribution in [-0.4, -0.2) is 21.0 Å². The average Bonchev–Trinajstić information content (AvgIpc) is 3.11. The molecule has 0 bridgehead atoms. The SMILES string of the molecule is O=C(CCc1nc(-c2ccncc2)no1)Nc1cc(C(F)(F)F)ccc1Cl. The number of benzene rings is 1. The molecule has 0 aliphatic heterocycles. The number of anilines is 1. The highest BCUT2D eigenvalue weighted by Crippen LogP contribution is 2.33. The van der Waals surface area contributed by atoms with E-state index < -0.39 is 17.6 Å². The normalized spacial score (nSPS) is 11.4. The zero-order valence-corrected chi connectivity index (χ0v) is 14.4. The van der Waals surface area contributed by atoms with Crippen LogP contribution in [0, 0.1) is 0 Å². The Morgan fingerprint density at radius 1 is 1.19 bits per heavy atom. The molecule has 140 valence electrons. The van der Waals surface area contributed by atoms with Crippen LogP contribution in [0.2, 0.25) is 5.02 Å². The van der Waals surface area contributed by atoms with E-state index in [4.69, 9.17) is 16.1 Å². The predicted octanol–water partition coefficient (Wildman–Crippen LogP) is 4.38. The summed E-state index contributed by atoms with van der Waals surface area (Å²) < 4.78 is 43.4. The molecule has 10 heteroatoms. The number of pyridine rings is 1. The molecule has 0 saturated carbocycles. The van der Waals surface area contributed by atoms with E-state index in [1.165, 1.54) is 0 Å². The van der Waals surface area contributed by atoms with Crippen molar-refractivity contribution in [2.24, 2.45) is 0 Å². The fraction of sp³-hybridized carbons (Fsp3) is 0.176. The van der Waals surface area contributed by atoms with Gasteiger partial charge in [-0.05, 0) is 30.3 Å². The van der Waals surface area contributed by atoms with Gasteiger partial charge in [0.1, 0.15) is 0 Å². The summed E-state index contributed by atoms with van der Waals surface area (Å²) in [4.78, 5) is 20.1. The molecule has 2 heterocycles. The van der Waals surface area contributed by atoms with E-state index in [1.807, 2.05) is 0 Å². The van der Waals surface area contributed by atoms with Gasteiger partial charge in [-0.3, -0.25) is 9.78 Å². The van der Waals surface area contributed by atoms with Gasteiger partial charge in [-0.15, -0.1) is 0 Å². The summed E-state index contributed by atoms with van der Waals surface area (Å²) >= 11 is 5.85. The molecule has 0 aliphatic rings. The molecule has 1 amide bonds. The van der Waals surface area contributed by atoms with E-state index in [-0.39, 0.29) is 29.4 Å². The van der Waals surface area contributed by atoms with Crippen LogP contribution in [0.5, 0.6) is 0 Å². The molecule has 0 aliphatic carbocycles. The maximum Gasteiger partial charge on any atom is 0.416 e. The number of amides is 1. The van der Waals surface area contributed by atoms with E-state index in [2.05, 4.69) is 20.4 Å². The van der Waals surface area contributed by atoms with Gasteiger partial charge in [0.05, 0.1) is 16.3 Å². The third-order valence-electron chi connectivity index (χ3n) is 3.54. The third kappa shape index (κ3) is 4.82. The smallest absolute Gasteiger partial charge is 0.339 e. The Morgan fingerprint density at radius 3 is 2.63 bits per heavy atom. The number of rotatable bonds is 5. The first kappa shape index (κ1) is 18.8. The molecule has 0 spiro atoms. The summed E-state index contributed by atoms with van der Waals surface area (Å²) in [5.74, 6) is 0.0562. The summed E-state index contributed by atoms with van der Waals surface area (Å²) in [5, 5.41) is 6.18. The quantitative estimate of drug-likeness (QED) is 0.692. The standard InChI is InChI=1S/C17H12ClF3N4O2/c18-12-2-1-11(17(19,20)21)9-13(12)23-14(26)3-4-15-24-16(25-27-15)10-5-7-22-8-6-10/h1-2,5-9H,3-4H2,(H,23,26). The molecule has 0 fully saturated rings. The first-order valence-corrected chi connectivity index (χ1v) is 8.10. The highest BCUT2D eigenvalue weighted by atomic mass is 35.5. The van der Waals surface area contributed by atoms with Crippen LogP contribution in [0.25, 0.3) is 11.4 Å². The molecule has 2 aromatic heterocycles. The van der Waals surface area contributed by atoms with Crippen LogP contribution in [0.15, 0.2) is 47.2 Å². The van der Waals surface area contributed by atoms with Crippen molar-refractivity contribution in [3.8, 4) is 11.4 Å². The Kier molecular flexibility index (Phi) is 5.41. The Labute approximate surface area is 156 Å². The van der Waals surface area contributed by atoms with Crippen molar-refractivity contribution < 1.29 is 22.5 Å². The molecule has 27 heavy (non-hydrogen) atoms. The van der Waals surface area contributed by atoms with Crippen molar-refractivity contribution in [3.63, 3.8) is 0 Å². The molecule has 0 radical (unpaired) electrons. The van der Waals surface area contributed by atoms with Crippen LogP contribution >= 0.6 is 11.6 Å². The van der Waals surface area contributed by atoms with Crippen LogP contribution in [-0.2, 0) is 17.4 Å². The van der Waals surface area contributed by atoms with Gasteiger partial charge in [-0.25, -0.2) is 0 Å². The van der Waals surface area contributed by atoms with Crippen molar-refractivity contribution in [1.82, 2.24) is 15.1 Å². The van der Waals surface area contributed by atoms with Crippen LogP contribution in [0.1, 0.15) is 17.9 Å². The van der Waals surface area contributed by atoms with E-state index in [0.717, 1.165) is 18.2 Å². The topological polar surface area (TPSA) is 80.9 Å². The lowest BCUT2D eigenvalue weighted by atomic mass is 10.2. The Balaban J connectivity index is 1.62. The second-order valence-electron chi connectivity index (χ2n) is 5.49. The van der Waals surface area contributed by atoms with Gasteiger partial charge >= 0.3 is 6.18 Å². The van der Waals surface area contributed by atoms with E-state index in [0.29, 0.717) is 11.4 Å². The van der Waals surface area contributed by atoms with E-state index in [1.54, 1.807) is 24.5 Å². The van der Waals surface area contributed by atoms with Crippen molar-refractivity contribution in [3.05, 3.63) is 59.2 Å². The number of carbonyl (C=O) groups is 1. The second-order valence-corrected chi connectivity index (χ2v) is 5.90. The number of alkyl halides is 3. The minimum atomic E-state index is -4.53. The minimum absolute atomic E-state index is 0.00844. The average molecular weight is 397 g/mol. The van der Waals surface area contributed by atoms with Crippen LogP contribution in [0.4, 0.5) is 18.9 Å². The fourth-order valence-electron chi connectivity index (χ4n) is 2.21.